The van der Waals surface area contributed by atoms with Gasteiger partial charge in [-0.25, -0.2) is 9.59 Å². The van der Waals surface area contributed by atoms with Crippen molar-refractivity contribution in [3.05, 3.63) is 11.3 Å². The van der Waals surface area contributed by atoms with Crippen molar-refractivity contribution in [3.63, 3.8) is 0 Å². The van der Waals surface area contributed by atoms with E-state index in [0.29, 0.717) is 24.4 Å². The molecular weight excluding hydrogens is 282 g/mol. The molecule has 2 aliphatic heterocycles. The Morgan fingerprint density at radius 2 is 1.86 bits per heavy atom. The van der Waals surface area contributed by atoms with E-state index in [2.05, 4.69) is 15.5 Å². The van der Waals surface area contributed by atoms with Crippen LogP contribution in [-0.2, 0) is 9.53 Å². The first-order valence-electron chi connectivity index (χ1n) is 8.32. The van der Waals surface area contributed by atoms with Crippen LogP contribution < -0.4 is 10.6 Å². The number of likely N-dealkylation sites (tertiary alicyclic amines) is 1. The molecule has 2 N–H and O–H groups in total. The Bertz CT molecular complexity index is 440. The summed E-state index contributed by atoms with van der Waals surface area (Å²) in [6, 6.07) is -0.569. The number of carbonyl (C=O) groups excluding carboxylic acids is 2. The normalized spacial score (nSPS) is 24.1. The molecule has 0 aromatic carbocycles. The van der Waals surface area contributed by atoms with Gasteiger partial charge in [0.2, 0.25) is 0 Å². The Balaban J connectivity index is 2.15. The Morgan fingerprint density at radius 1 is 1.23 bits per heavy atom. The van der Waals surface area contributed by atoms with Gasteiger partial charge in [-0.3, -0.25) is 4.90 Å². The Labute approximate surface area is 132 Å². The van der Waals surface area contributed by atoms with Gasteiger partial charge >= 0.3 is 12.0 Å². The smallest absolute Gasteiger partial charge is 0.337 e. The summed E-state index contributed by atoms with van der Waals surface area (Å²) in [5.41, 5.74) is 1.23. The van der Waals surface area contributed by atoms with Gasteiger partial charge in [-0.15, -0.1) is 0 Å². The van der Waals surface area contributed by atoms with Crippen LogP contribution in [-0.4, -0.2) is 49.2 Å². The minimum absolute atomic E-state index is 0.248. The third-order valence-electron chi connectivity index (χ3n) is 4.20. The van der Waals surface area contributed by atoms with Crippen LogP contribution in [0.2, 0.25) is 0 Å². The molecule has 2 rings (SSSR count). The summed E-state index contributed by atoms with van der Waals surface area (Å²) in [5, 5.41) is 5.54. The highest BCUT2D eigenvalue weighted by Crippen LogP contribution is 2.17. The molecule has 2 aliphatic rings. The second kappa shape index (κ2) is 8.17. The van der Waals surface area contributed by atoms with E-state index >= 15 is 0 Å². The summed E-state index contributed by atoms with van der Waals surface area (Å²) in [4.78, 5) is 26.3. The lowest BCUT2D eigenvalue weighted by atomic mass is 10.0. The van der Waals surface area contributed by atoms with Crippen LogP contribution in [0, 0.1) is 0 Å². The lowest BCUT2D eigenvalue weighted by molar-refractivity contribution is -0.139. The van der Waals surface area contributed by atoms with Gasteiger partial charge in [0.25, 0.3) is 0 Å². The van der Waals surface area contributed by atoms with Crippen molar-refractivity contribution in [3.8, 4) is 0 Å². The van der Waals surface area contributed by atoms with Gasteiger partial charge in [0.15, 0.2) is 0 Å². The van der Waals surface area contributed by atoms with Crippen LogP contribution in [0.4, 0.5) is 4.79 Å². The number of urea groups is 1. The summed E-state index contributed by atoms with van der Waals surface area (Å²) in [5.74, 6) is -0.343. The average Bonchev–Trinajstić information content (AvgIpc) is 2.41. The van der Waals surface area contributed by atoms with Gasteiger partial charge < -0.3 is 15.4 Å². The second-order valence-electron chi connectivity index (χ2n) is 5.98. The lowest BCUT2D eigenvalue weighted by Crippen LogP contribution is -2.51. The highest BCUT2D eigenvalue weighted by molar-refractivity contribution is 5.94. The van der Waals surface area contributed by atoms with Gasteiger partial charge in [-0.2, -0.15) is 0 Å². The van der Waals surface area contributed by atoms with E-state index in [-0.39, 0.29) is 18.0 Å². The molecule has 0 aliphatic carbocycles. The number of esters is 1. The van der Waals surface area contributed by atoms with Crippen molar-refractivity contribution < 1.29 is 14.3 Å². The molecule has 1 saturated heterocycles. The topological polar surface area (TPSA) is 70.7 Å². The number of hydrogen-bond acceptors (Lipinski definition) is 4. The molecule has 2 amide bonds. The summed E-state index contributed by atoms with van der Waals surface area (Å²) < 4.78 is 5.14. The van der Waals surface area contributed by atoms with E-state index in [1.165, 1.54) is 32.1 Å². The fourth-order valence-electron chi connectivity index (χ4n) is 3.10. The van der Waals surface area contributed by atoms with Crippen molar-refractivity contribution in [2.24, 2.45) is 0 Å². The minimum atomic E-state index is -0.343. The van der Waals surface area contributed by atoms with Crippen molar-refractivity contribution >= 4 is 12.0 Å². The molecule has 1 fully saturated rings. The SMILES string of the molecule is CCOC(=O)C1=C(CN2CCCCCCC2)NC(=O)N[C@@H]1C. The molecule has 6 heteroatoms. The fraction of sp³-hybridized carbons (Fsp3) is 0.750. The number of ether oxygens (including phenoxy) is 1. The maximum Gasteiger partial charge on any atom is 0.337 e. The van der Waals surface area contributed by atoms with Crippen molar-refractivity contribution in [1.29, 1.82) is 0 Å². The Kier molecular flexibility index (Phi) is 6.24. The van der Waals surface area contributed by atoms with Crippen molar-refractivity contribution in [2.75, 3.05) is 26.2 Å². The number of nitrogens with zero attached hydrogens (tertiary/aromatic N) is 1. The first-order valence-corrected chi connectivity index (χ1v) is 8.32. The zero-order chi connectivity index (χ0) is 15.9. The molecule has 0 bridgehead atoms. The van der Waals surface area contributed by atoms with Gasteiger partial charge in [-0.05, 0) is 39.8 Å². The standard InChI is InChI=1S/C16H27N3O3/c1-3-22-15(20)14-12(2)17-16(21)18-13(14)11-19-9-7-5-4-6-8-10-19/h12H,3-11H2,1-2H3,(H2,17,18,21)/t12-/m1/s1. The Morgan fingerprint density at radius 3 is 2.50 bits per heavy atom. The predicted octanol–water partition coefficient (Wildman–Crippen LogP) is 1.77. The quantitative estimate of drug-likeness (QED) is 0.777. The first-order chi connectivity index (χ1) is 10.6. The fourth-order valence-corrected chi connectivity index (χ4v) is 3.10. The zero-order valence-corrected chi connectivity index (χ0v) is 13.6. The molecule has 0 unspecified atom stereocenters. The second-order valence-corrected chi connectivity index (χ2v) is 5.98. The number of carbonyl (C=O) groups is 2. The van der Waals surface area contributed by atoms with Crippen LogP contribution in [0.5, 0.6) is 0 Å². The number of hydrogen-bond donors (Lipinski definition) is 2. The molecule has 0 spiro atoms. The highest BCUT2D eigenvalue weighted by Gasteiger charge is 2.30. The Hall–Kier alpha value is -1.56. The monoisotopic (exact) mass is 309 g/mol. The van der Waals surface area contributed by atoms with E-state index in [4.69, 9.17) is 4.74 Å². The molecule has 0 saturated carbocycles. The van der Waals surface area contributed by atoms with Crippen LogP contribution in [0.3, 0.4) is 0 Å². The summed E-state index contributed by atoms with van der Waals surface area (Å²) in [7, 11) is 0. The molecule has 2 heterocycles. The van der Waals surface area contributed by atoms with Crippen molar-refractivity contribution in [1.82, 2.24) is 15.5 Å². The van der Waals surface area contributed by atoms with Gasteiger partial charge in [0, 0.05) is 12.2 Å². The summed E-state index contributed by atoms with van der Waals surface area (Å²) in [6.07, 6.45) is 6.16. The third kappa shape index (κ3) is 4.47. The number of nitrogens with one attached hydrogen (secondary N) is 2. The molecule has 124 valence electrons. The molecule has 1 atom stereocenters. The summed E-state index contributed by atoms with van der Waals surface area (Å²) in [6.45, 7) is 6.56. The van der Waals surface area contributed by atoms with Crippen molar-refractivity contribution in [2.45, 2.75) is 52.0 Å². The van der Waals surface area contributed by atoms with Gasteiger partial charge in [-0.1, -0.05) is 19.3 Å². The largest absolute Gasteiger partial charge is 0.463 e. The molecule has 6 nitrogen and oxygen atoms in total. The molecule has 0 aromatic heterocycles. The lowest BCUT2D eigenvalue weighted by Gasteiger charge is -2.31. The zero-order valence-electron chi connectivity index (χ0n) is 13.6. The molecule has 0 aromatic rings. The molecular formula is C16H27N3O3. The first kappa shape index (κ1) is 16.8. The van der Waals surface area contributed by atoms with E-state index < -0.39 is 0 Å². The van der Waals surface area contributed by atoms with Crippen LogP contribution in [0.15, 0.2) is 11.3 Å². The minimum Gasteiger partial charge on any atom is -0.463 e. The van der Waals surface area contributed by atoms with Crippen LogP contribution in [0.1, 0.15) is 46.0 Å². The highest BCUT2D eigenvalue weighted by atomic mass is 16.5. The van der Waals surface area contributed by atoms with Crippen LogP contribution in [0.25, 0.3) is 0 Å². The molecule has 22 heavy (non-hydrogen) atoms. The van der Waals surface area contributed by atoms with E-state index in [0.717, 1.165) is 13.1 Å². The van der Waals surface area contributed by atoms with Gasteiger partial charge in [0.1, 0.15) is 0 Å². The average molecular weight is 309 g/mol. The maximum absolute atomic E-state index is 12.2. The molecule has 0 radical (unpaired) electrons. The number of rotatable bonds is 4. The van der Waals surface area contributed by atoms with E-state index in [9.17, 15) is 9.59 Å². The third-order valence-corrected chi connectivity index (χ3v) is 4.20. The van der Waals surface area contributed by atoms with Gasteiger partial charge in [0.05, 0.1) is 18.2 Å². The predicted molar refractivity (Wildman–Crippen MR) is 84.3 cm³/mol. The van der Waals surface area contributed by atoms with E-state index in [1.807, 2.05) is 6.92 Å². The number of amides is 2. The summed E-state index contributed by atoms with van der Waals surface area (Å²) >= 11 is 0. The van der Waals surface area contributed by atoms with Crippen LogP contribution >= 0.6 is 0 Å². The maximum atomic E-state index is 12.2. The van der Waals surface area contributed by atoms with E-state index in [1.54, 1.807) is 6.92 Å².